The standard InChI is InChI=1S/C30H32ClF2N3O2/c1-19-17-35(13-10-30(19)9-6-20-4-2-3-5-25(20)30)18-26(37)21-7-11-36(12-8-21)29-34-28(31)27(38-29)22-14-23(32)16-24(33)15-22/h2-6,9,14-16,19,21,26,37H,7-8,10-13,17-18H2,1H3. The number of aliphatic hydroxyl groups is 1. The van der Waals surface area contributed by atoms with E-state index in [-0.39, 0.29) is 27.8 Å². The molecule has 0 saturated carbocycles. The maximum Gasteiger partial charge on any atom is 0.299 e. The monoisotopic (exact) mass is 539 g/mol. The van der Waals surface area contributed by atoms with Gasteiger partial charge in [0.05, 0.1) is 6.10 Å². The number of fused-ring (bicyclic) bond motifs is 2. The summed E-state index contributed by atoms with van der Waals surface area (Å²) in [6.07, 6.45) is 6.93. The molecule has 2 aliphatic heterocycles. The molecule has 0 amide bonds. The zero-order chi connectivity index (χ0) is 26.4. The van der Waals surface area contributed by atoms with E-state index in [2.05, 4.69) is 53.2 Å². The van der Waals surface area contributed by atoms with Crippen LogP contribution in [0, 0.1) is 23.5 Å². The summed E-state index contributed by atoms with van der Waals surface area (Å²) in [4.78, 5) is 8.69. The minimum absolute atomic E-state index is 0.0730. The third kappa shape index (κ3) is 4.65. The van der Waals surface area contributed by atoms with Crippen LogP contribution >= 0.6 is 11.6 Å². The number of rotatable bonds is 5. The molecule has 1 N–H and O–H groups in total. The van der Waals surface area contributed by atoms with Gasteiger partial charge in [0.1, 0.15) is 11.6 Å². The molecule has 2 fully saturated rings. The van der Waals surface area contributed by atoms with Crippen molar-refractivity contribution in [1.82, 2.24) is 9.88 Å². The number of halogens is 3. The van der Waals surface area contributed by atoms with Gasteiger partial charge in [0.2, 0.25) is 0 Å². The molecule has 1 spiro atoms. The van der Waals surface area contributed by atoms with Crippen molar-refractivity contribution in [2.24, 2.45) is 11.8 Å². The Morgan fingerprint density at radius 2 is 1.87 bits per heavy atom. The molecule has 3 atom stereocenters. The molecule has 3 aliphatic rings. The van der Waals surface area contributed by atoms with E-state index >= 15 is 0 Å². The quantitative estimate of drug-likeness (QED) is 0.421. The van der Waals surface area contributed by atoms with Gasteiger partial charge >= 0.3 is 0 Å². The third-order valence-corrected chi connectivity index (χ3v) is 9.03. The summed E-state index contributed by atoms with van der Waals surface area (Å²) >= 11 is 6.25. The lowest BCUT2D eigenvalue weighted by Gasteiger charge is -2.45. The van der Waals surface area contributed by atoms with E-state index in [0.717, 1.165) is 38.4 Å². The Morgan fingerprint density at radius 1 is 1.13 bits per heavy atom. The lowest BCUT2D eigenvalue weighted by molar-refractivity contribution is 0.0285. The first-order valence-corrected chi connectivity index (χ1v) is 13.8. The van der Waals surface area contributed by atoms with Gasteiger partial charge < -0.3 is 19.3 Å². The number of hydrogen-bond acceptors (Lipinski definition) is 5. The summed E-state index contributed by atoms with van der Waals surface area (Å²) in [6.45, 7) is 6.27. The minimum Gasteiger partial charge on any atom is -0.422 e. The van der Waals surface area contributed by atoms with Crippen LogP contribution in [0.1, 0.15) is 37.3 Å². The van der Waals surface area contributed by atoms with E-state index in [9.17, 15) is 13.9 Å². The second kappa shape index (κ2) is 10.1. The van der Waals surface area contributed by atoms with Crippen molar-refractivity contribution >= 4 is 23.7 Å². The summed E-state index contributed by atoms with van der Waals surface area (Å²) in [5.74, 6) is -0.593. The van der Waals surface area contributed by atoms with Crippen molar-refractivity contribution in [3.05, 3.63) is 76.5 Å². The molecule has 3 unspecified atom stereocenters. The van der Waals surface area contributed by atoms with Crippen LogP contribution in [0.5, 0.6) is 0 Å². The number of nitrogens with zero attached hydrogens (tertiary/aromatic N) is 3. The Morgan fingerprint density at radius 3 is 2.61 bits per heavy atom. The number of benzene rings is 2. The zero-order valence-electron chi connectivity index (χ0n) is 21.4. The van der Waals surface area contributed by atoms with Crippen LogP contribution in [-0.2, 0) is 5.41 Å². The topological polar surface area (TPSA) is 52.7 Å². The van der Waals surface area contributed by atoms with E-state index in [1.165, 1.54) is 23.3 Å². The maximum absolute atomic E-state index is 13.7. The number of β-amino-alcohol motifs (C(OH)–C–C–N with tert-alkyl or cyclic N) is 1. The van der Waals surface area contributed by atoms with Crippen LogP contribution in [0.2, 0.25) is 5.15 Å². The Hall–Kier alpha value is -2.74. The molecule has 0 radical (unpaired) electrons. The molecular formula is C30H32ClF2N3O2. The highest BCUT2D eigenvalue weighted by Gasteiger charge is 2.43. The fourth-order valence-electron chi connectivity index (χ4n) is 6.62. The highest BCUT2D eigenvalue weighted by Crippen LogP contribution is 2.47. The Kier molecular flexibility index (Phi) is 6.79. The molecule has 200 valence electrons. The van der Waals surface area contributed by atoms with Gasteiger partial charge in [-0.05, 0) is 60.9 Å². The van der Waals surface area contributed by atoms with E-state index in [4.69, 9.17) is 16.0 Å². The zero-order valence-corrected chi connectivity index (χ0v) is 22.2. The van der Waals surface area contributed by atoms with Gasteiger partial charge in [-0.2, -0.15) is 4.98 Å². The normalized spacial score (nSPS) is 24.8. The average molecular weight is 540 g/mol. The summed E-state index contributed by atoms with van der Waals surface area (Å²) < 4.78 is 33.2. The van der Waals surface area contributed by atoms with Gasteiger partial charge in [0, 0.05) is 43.2 Å². The van der Waals surface area contributed by atoms with Crippen molar-refractivity contribution < 1.29 is 18.3 Å². The predicted molar refractivity (Wildman–Crippen MR) is 145 cm³/mol. The Balaban J connectivity index is 1.04. The van der Waals surface area contributed by atoms with E-state index < -0.39 is 17.7 Å². The molecule has 1 aromatic heterocycles. The van der Waals surface area contributed by atoms with E-state index in [0.29, 0.717) is 31.6 Å². The molecule has 6 rings (SSSR count). The van der Waals surface area contributed by atoms with Crippen LogP contribution in [-0.4, -0.2) is 53.8 Å². The van der Waals surface area contributed by atoms with Gasteiger partial charge in [0.25, 0.3) is 6.01 Å². The number of piperidine rings is 2. The van der Waals surface area contributed by atoms with Crippen molar-refractivity contribution in [2.45, 2.75) is 37.7 Å². The predicted octanol–water partition coefficient (Wildman–Crippen LogP) is 6.16. The molecule has 1 aliphatic carbocycles. The van der Waals surface area contributed by atoms with E-state index in [1.807, 2.05) is 4.90 Å². The fraction of sp³-hybridized carbons (Fsp3) is 0.433. The highest BCUT2D eigenvalue weighted by atomic mass is 35.5. The first-order chi connectivity index (χ1) is 18.3. The number of oxazole rings is 1. The summed E-state index contributed by atoms with van der Waals surface area (Å²) in [5.41, 5.74) is 3.10. The molecule has 2 saturated heterocycles. The SMILES string of the molecule is CC1CN(CC(O)C2CCN(c3nc(Cl)c(-c4cc(F)cc(F)c4)o3)CC2)CCC12C=Cc1ccccc12. The van der Waals surface area contributed by atoms with Crippen LogP contribution in [0.25, 0.3) is 17.4 Å². The van der Waals surface area contributed by atoms with Gasteiger partial charge in [0.15, 0.2) is 10.9 Å². The van der Waals surface area contributed by atoms with Crippen LogP contribution in [0.15, 0.2) is 53.0 Å². The van der Waals surface area contributed by atoms with Crippen LogP contribution in [0.3, 0.4) is 0 Å². The van der Waals surface area contributed by atoms with Gasteiger partial charge in [-0.3, -0.25) is 0 Å². The number of hydrogen-bond donors (Lipinski definition) is 1. The second-order valence-electron chi connectivity index (χ2n) is 11.0. The average Bonchev–Trinajstić information content (AvgIpc) is 3.47. The number of anilines is 1. The number of aliphatic hydroxyl groups excluding tert-OH is 1. The number of aromatic nitrogens is 1. The maximum atomic E-state index is 13.7. The fourth-order valence-corrected chi connectivity index (χ4v) is 6.84. The first kappa shape index (κ1) is 25.5. The second-order valence-corrected chi connectivity index (χ2v) is 11.4. The molecule has 8 heteroatoms. The van der Waals surface area contributed by atoms with Gasteiger partial charge in [-0.15, -0.1) is 0 Å². The molecular weight excluding hydrogens is 508 g/mol. The van der Waals surface area contributed by atoms with Crippen molar-refractivity contribution in [3.63, 3.8) is 0 Å². The molecule has 0 bridgehead atoms. The molecule has 3 aromatic rings. The summed E-state index contributed by atoms with van der Waals surface area (Å²) in [7, 11) is 0. The molecule has 5 nitrogen and oxygen atoms in total. The lowest BCUT2D eigenvalue weighted by Crippen LogP contribution is -2.50. The lowest BCUT2D eigenvalue weighted by atomic mass is 9.68. The van der Waals surface area contributed by atoms with Gasteiger partial charge in [-0.25, -0.2) is 8.78 Å². The third-order valence-electron chi connectivity index (χ3n) is 8.77. The smallest absolute Gasteiger partial charge is 0.299 e. The molecule has 2 aromatic carbocycles. The van der Waals surface area contributed by atoms with Crippen molar-refractivity contribution in [3.8, 4) is 11.3 Å². The highest BCUT2D eigenvalue weighted by molar-refractivity contribution is 6.31. The molecule has 3 heterocycles. The Labute approximate surface area is 226 Å². The van der Waals surface area contributed by atoms with E-state index in [1.54, 1.807) is 0 Å². The minimum atomic E-state index is -0.702. The summed E-state index contributed by atoms with van der Waals surface area (Å²) in [5, 5.41) is 11.2. The largest absolute Gasteiger partial charge is 0.422 e. The Bertz CT molecular complexity index is 1330. The van der Waals surface area contributed by atoms with Crippen LogP contribution in [0.4, 0.5) is 14.8 Å². The van der Waals surface area contributed by atoms with Gasteiger partial charge in [-0.1, -0.05) is 54.9 Å². The summed E-state index contributed by atoms with van der Waals surface area (Å²) in [6, 6.07) is 12.2. The van der Waals surface area contributed by atoms with Crippen molar-refractivity contribution in [2.75, 3.05) is 37.6 Å². The first-order valence-electron chi connectivity index (χ1n) is 13.4. The number of allylic oxidation sites excluding steroid dienone is 1. The van der Waals surface area contributed by atoms with Crippen LogP contribution < -0.4 is 4.90 Å². The number of likely N-dealkylation sites (tertiary alicyclic amines) is 1. The van der Waals surface area contributed by atoms with Crippen molar-refractivity contribution in [1.29, 1.82) is 0 Å². The molecule has 38 heavy (non-hydrogen) atoms.